The van der Waals surface area contributed by atoms with Crippen LogP contribution in [-0.4, -0.2) is 14.5 Å². The summed E-state index contributed by atoms with van der Waals surface area (Å²) < 4.78 is 1.67. The number of pyridine rings is 1. The van der Waals surface area contributed by atoms with E-state index >= 15 is 0 Å². The van der Waals surface area contributed by atoms with Gasteiger partial charge in [0, 0.05) is 12.7 Å². The molecule has 2 heterocycles. The maximum atomic E-state index is 12.2. The Labute approximate surface area is 111 Å². The van der Waals surface area contributed by atoms with Gasteiger partial charge in [-0.3, -0.25) is 9.36 Å². The van der Waals surface area contributed by atoms with Gasteiger partial charge in [-0.05, 0) is 44.2 Å². The molecule has 0 unspecified atom stereocenters. The first kappa shape index (κ1) is 12.1. The monoisotopic (exact) mass is 255 g/mol. The molecule has 0 radical (unpaired) electrons. The second kappa shape index (κ2) is 5.34. The van der Waals surface area contributed by atoms with E-state index in [9.17, 15) is 4.79 Å². The number of nitrogens with zero attached hydrogens (tertiary/aromatic N) is 3. The smallest absolute Gasteiger partial charge is 0.279 e. The molecule has 0 atom stereocenters. The molecule has 0 saturated carbocycles. The standard InChI is InChI=1S/C15H17N3O/c19-15-14-13(7-4-9-16-14)17-11-18(15)10-8-12-5-2-1-3-6-12/h4-5,7,9,11H,1-3,6,8,10H2. The molecule has 0 amide bonds. The third kappa shape index (κ3) is 2.57. The fourth-order valence-electron chi connectivity index (χ4n) is 2.54. The molecule has 2 aromatic heterocycles. The number of rotatable bonds is 3. The van der Waals surface area contributed by atoms with Gasteiger partial charge in [-0.1, -0.05) is 11.6 Å². The Bertz CT molecular complexity index is 672. The number of hydrogen-bond acceptors (Lipinski definition) is 3. The fraction of sp³-hybridized carbons (Fsp3) is 0.400. The van der Waals surface area contributed by atoms with Crippen LogP contribution >= 0.6 is 0 Å². The lowest BCUT2D eigenvalue weighted by molar-refractivity contribution is 0.610. The van der Waals surface area contributed by atoms with Gasteiger partial charge in [0.2, 0.25) is 0 Å². The van der Waals surface area contributed by atoms with Gasteiger partial charge in [-0.15, -0.1) is 0 Å². The molecule has 0 saturated heterocycles. The molecule has 4 heteroatoms. The summed E-state index contributed by atoms with van der Waals surface area (Å²) in [6, 6.07) is 3.61. The number of hydrogen-bond donors (Lipinski definition) is 0. The Hall–Kier alpha value is -1.97. The lowest BCUT2D eigenvalue weighted by Gasteiger charge is -2.13. The molecule has 19 heavy (non-hydrogen) atoms. The highest BCUT2D eigenvalue weighted by Crippen LogP contribution is 2.20. The summed E-state index contributed by atoms with van der Waals surface area (Å²) in [4.78, 5) is 20.7. The van der Waals surface area contributed by atoms with E-state index in [1.165, 1.54) is 31.3 Å². The fourth-order valence-corrected chi connectivity index (χ4v) is 2.54. The summed E-state index contributed by atoms with van der Waals surface area (Å²) >= 11 is 0. The zero-order valence-electron chi connectivity index (χ0n) is 10.9. The molecule has 2 aromatic rings. The topological polar surface area (TPSA) is 47.8 Å². The number of aromatic nitrogens is 3. The SMILES string of the molecule is O=c1c2ncccc2ncn1CCC1=CCCCC1. The highest BCUT2D eigenvalue weighted by atomic mass is 16.1. The van der Waals surface area contributed by atoms with Gasteiger partial charge in [0.25, 0.3) is 5.56 Å². The first-order valence-electron chi connectivity index (χ1n) is 6.83. The van der Waals surface area contributed by atoms with Crippen molar-refractivity contribution < 1.29 is 0 Å². The largest absolute Gasteiger partial charge is 0.297 e. The van der Waals surface area contributed by atoms with Crippen LogP contribution < -0.4 is 5.56 Å². The van der Waals surface area contributed by atoms with Crippen molar-refractivity contribution >= 4 is 11.0 Å². The quantitative estimate of drug-likeness (QED) is 0.792. The summed E-state index contributed by atoms with van der Waals surface area (Å²) in [7, 11) is 0. The van der Waals surface area contributed by atoms with Crippen molar-refractivity contribution in [2.24, 2.45) is 0 Å². The minimum Gasteiger partial charge on any atom is -0.297 e. The highest BCUT2D eigenvalue weighted by molar-refractivity contribution is 5.71. The minimum atomic E-state index is -0.0398. The maximum absolute atomic E-state index is 12.2. The average Bonchev–Trinajstić information content (AvgIpc) is 2.48. The van der Waals surface area contributed by atoms with E-state index in [-0.39, 0.29) is 5.56 Å². The van der Waals surface area contributed by atoms with Crippen LogP contribution in [-0.2, 0) is 6.54 Å². The van der Waals surface area contributed by atoms with E-state index in [0.29, 0.717) is 17.6 Å². The van der Waals surface area contributed by atoms with Crippen LogP contribution in [0.4, 0.5) is 0 Å². The molecule has 0 bridgehead atoms. The minimum absolute atomic E-state index is 0.0398. The van der Waals surface area contributed by atoms with Crippen LogP contribution in [0.15, 0.2) is 41.1 Å². The lowest BCUT2D eigenvalue weighted by atomic mass is 9.97. The van der Waals surface area contributed by atoms with Crippen LogP contribution in [0.25, 0.3) is 11.0 Å². The summed E-state index contributed by atoms with van der Waals surface area (Å²) in [6.45, 7) is 0.699. The Balaban J connectivity index is 1.83. The Kier molecular flexibility index (Phi) is 3.40. The molecular weight excluding hydrogens is 238 g/mol. The predicted molar refractivity (Wildman–Crippen MR) is 75.0 cm³/mol. The Morgan fingerprint density at radius 2 is 2.21 bits per heavy atom. The molecule has 0 aromatic carbocycles. The predicted octanol–water partition coefficient (Wildman–Crippen LogP) is 2.68. The lowest BCUT2D eigenvalue weighted by Crippen LogP contribution is -2.21. The third-order valence-electron chi connectivity index (χ3n) is 3.64. The molecule has 3 rings (SSSR count). The normalized spacial score (nSPS) is 15.5. The molecule has 0 aliphatic heterocycles. The maximum Gasteiger partial charge on any atom is 0.279 e. The summed E-state index contributed by atoms with van der Waals surface area (Å²) in [5, 5.41) is 0. The number of allylic oxidation sites excluding steroid dienone is 2. The Morgan fingerprint density at radius 3 is 3.05 bits per heavy atom. The molecule has 0 fully saturated rings. The molecule has 98 valence electrons. The zero-order chi connectivity index (χ0) is 13.1. The molecule has 1 aliphatic carbocycles. The van der Waals surface area contributed by atoms with Crippen molar-refractivity contribution in [1.82, 2.24) is 14.5 Å². The molecular formula is C15H17N3O. The molecule has 4 nitrogen and oxygen atoms in total. The second-order valence-electron chi connectivity index (χ2n) is 4.97. The van der Waals surface area contributed by atoms with Crippen molar-refractivity contribution in [1.29, 1.82) is 0 Å². The van der Waals surface area contributed by atoms with Gasteiger partial charge in [0.05, 0.1) is 11.8 Å². The van der Waals surface area contributed by atoms with Crippen molar-refractivity contribution in [3.63, 3.8) is 0 Å². The van der Waals surface area contributed by atoms with Crippen LogP contribution in [0.1, 0.15) is 32.1 Å². The van der Waals surface area contributed by atoms with Gasteiger partial charge in [0.15, 0.2) is 5.52 Å². The van der Waals surface area contributed by atoms with Crippen LogP contribution in [0.2, 0.25) is 0 Å². The van der Waals surface area contributed by atoms with E-state index in [1.54, 1.807) is 23.2 Å². The van der Waals surface area contributed by atoms with E-state index < -0.39 is 0 Å². The second-order valence-corrected chi connectivity index (χ2v) is 4.97. The van der Waals surface area contributed by atoms with Crippen molar-refractivity contribution in [3.05, 3.63) is 46.7 Å². The highest BCUT2D eigenvalue weighted by Gasteiger charge is 2.07. The van der Waals surface area contributed by atoms with Gasteiger partial charge in [0.1, 0.15) is 0 Å². The summed E-state index contributed by atoms with van der Waals surface area (Å²) in [5.74, 6) is 0. The first-order chi connectivity index (χ1) is 9.34. The molecule has 0 spiro atoms. The molecule has 0 N–H and O–H groups in total. The first-order valence-corrected chi connectivity index (χ1v) is 6.83. The van der Waals surface area contributed by atoms with Crippen LogP contribution in [0.3, 0.4) is 0 Å². The van der Waals surface area contributed by atoms with Gasteiger partial charge >= 0.3 is 0 Å². The van der Waals surface area contributed by atoms with Crippen LogP contribution in [0, 0.1) is 0 Å². The van der Waals surface area contributed by atoms with Crippen molar-refractivity contribution in [3.8, 4) is 0 Å². The van der Waals surface area contributed by atoms with Crippen molar-refractivity contribution in [2.75, 3.05) is 0 Å². The third-order valence-corrected chi connectivity index (χ3v) is 3.64. The van der Waals surface area contributed by atoms with E-state index in [2.05, 4.69) is 16.0 Å². The number of fused-ring (bicyclic) bond motifs is 1. The summed E-state index contributed by atoms with van der Waals surface area (Å²) in [6.07, 6.45) is 11.5. The average molecular weight is 255 g/mol. The Morgan fingerprint density at radius 1 is 1.26 bits per heavy atom. The van der Waals surface area contributed by atoms with Gasteiger partial charge < -0.3 is 0 Å². The van der Waals surface area contributed by atoms with E-state index in [4.69, 9.17) is 0 Å². The van der Waals surface area contributed by atoms with E-state index in [0.717, 1.165) is 6.42 Å². The van der Waals surface area contributed by atoms with E-state index in [1.807, 2.05) is 6.07 Å². The van der Waals surface area contributed by atoms with Crippen molar-refractivity contribution in [2.45, 2.75) is 38.6 Å². The molecule has 1 aliphatic rings. The van der Waals surface area contributed by atoms with Gasteiger partial charge in [-0.25, -0.2) is 9.97 Å². The van der Waals surface area contributed by atoms with Gasteiger partial charge in [-0.2, -0.15) is 0 Å². The number of aryl methyl sites for hydroxylation is 1. The van der Waals surface area contributed by atoms with Crippen LogP contribution in [0.5, 0.6) is 0 Å². The zero-order valence-corrected chi connectivity index (χ0v) is 10.9. The summed E-state index contributed by atoms with van der Waals surface area (Å²) in [5.41, 5.74) is 2.56.